The van der Waals surface area contributed by atoms with Crippen molar-refractivity contribution in [1.82, 2.24) is 26.6 Å². The van der Waals surface area contributed by atoms with E-state index in [9.17, 15) is 58.9 Å². The molecule has 25 nitrogen and oxygen atoms in total. The first-order valence-electron chi connectivity index (χ1n) is 17.0. The van der Waals surface area contributed by atoms with Crippen molar-refractivity contribution in [1.29, 1.82) is 0 Å². The van der Waals surface area contributed by atoms with E-state index in [1.807, 2.05) is 0 Å². The normalized spacial score (nSPS) is 14.6. The molecule has 7 atom stereocenters. The van der Waals surface area contributed by atoms with E-state index in [0.29, 0.717) is 6.07 Å². The number of guanidine groups is 1. The van der Waals surface area contributed by atoms with Gasteiger partial charge in [0.25, 0.3) is 11.4 Å². The van der Waals surface area contributed by atoms with Crippen LogP contribution in [0.2, 0.25) is 0 Å². The van der Waals surface area contributed by atoms with Gasteiger partial charge in [-0.2, -0.15) is 0 Å². The number of hydrogen-bond acceptors (Lipinski definition) is 14. The van der Waals surface area contributed by atoms with Crippen LogP contribution in [-0.4, -0.2) is 111 Å². The van der Waals surface area contributed by atoms with Crippen LogP contribution < -0.4 is 54.8 Å². The summed E-state index contributed by atoms with van der Waals surface area (Å²) in [5, 5.41) is 47.3. The number of aliphatic hydroxyl groups excluding tert-OH is 1. The molecule has 0 aromatic heterocycles. The number of aliphatic hydroxyl groups is 1. The highest BCUT2D eigenvalue weighted by molar-refractivity contribution is 5.98. The lowest BCUT2D eigenvalue weighted by atomic mass is 10.0. The summed E-state index contributed by atoms with van der Waals surface area (Å²) in [5.74, 6) is -7.45. The average Bonchev–Trinajstić information content (AvgIpc) is 3.08. The summed E-state index contributed by atoms with van der Waals surface area (Å²) < 4.78 is 0. The molecule has 0 fully saturated rings. The molecule has 0 heterocycles. The molecular formula is C31H49N13O12. The summed E-state index contributed by atoms with van der Waals surface area (Å²) in [7, 11) is 0. The molecule has 0 aliphatic carbocycles. The predicted molar refractivity (Wildman–Crippen MR) is 198 cm³/mol. The van der Waals surface area contributed by atoms with Gasteiger partial charge in [-0.15, -0.1) is 0 Å². The maximum atomic E-state index is 13.5. The summed E-state index contributed by atoms with van der Waals surface area (Å²) in [4.78, 5) is 114. The molecule has 310 valence electrons. The molecule has 0 saturated heterocycles. The van der Waals surface area contributed by atoms with Crippen molar-refractivity contribution in [2.75, 3.05) is 11.9 Å². The number of benzene rings is 1. The minimum absolute atomic E-state index is 0.000544. The Kier molecular flexibility index (Phi) is 18.5. The zero-order chi connectivity index (χ0) is 43.0. The first-order valence-corrected chi connectivity index (χ1v) is 17.0. The number of nitrogens with two attached hydrogens (primary N) is 4. The van der Waals surface area contributed by atoms with E-state index in [2.05, 4.69) is 36.9 Å². The fourth-order valence-electron chi connectivity index (χ4n) is 4.83. The first-order chi connectivity index (χ1) is 26.0. The predicted octanol–water partition coefficient (Wildman–Crippen LogP) is -3.80. The van der Waals surface area contributed by atoms with E-state index < -0.39 is 111 Å². The van der Waals surface area contributed by atoms with Crippen LogP contribution in [0.4, 0.5) is 17.1 Å². The number of aliphatic imine (C=N–C) groups is 1. The number of non-ortho nitro benzene ring substituents is 1. The highest BCUT2D eigenvalue weighted by atomic mass is 16.6. The standard InChI is InChI=1S/C31H49N13O12/c1-13(2)23(25(33)47)41-26(48)15(4)38-30(52)24(16(5)45)42-27(49)14(3)37-29(51)20(12-22(32)46)40-28(50)19(7-6-10-36-31(34)35)39-18-9-8-17(43(53)54)11-21(18)44(55)56/h8-9,11,13-16,19-20,23-24,39,45H,6-7,10,12H2,1-5H3,(H2,32,46)(H2,33,47)(H,37,51)(H,38,52)(H,40,50)(H,41,48)(H,42,49)(H4,34,35,36)/t14-,15-,16+,19-,20-,23+,24-/m0/s1. The Bertz CT molecular complexity index is 1680. The minimum atomic E-state index is -1.73. The van der Waals surface area contributed by atoms with Crippen LogP contribution in [0.15, 0.2) is 23.2 Å². The molecule has 0 aliphatic heterocycles. The van der Waals surface area contributed by atoms with Crippen LogP contribution in [0.5, 0.6) is 0 Å². The van der Waals surface area contributed by atoms with E-state index in [1.165, 1.54) is 13.8 Å². The maximum absolute atomic E-state index is 13.5. The van der Waals surface area contributed by atoms with Gasteiger partial charge >= 0.3 is 0 Å². The van der Waals surface area contributed by atoms with Crippen LogP contribution in [0.3, 0.4) is 0 Å². The van der Waals surface area contributed by atoms with E-state index >= 15 is 0 Å². The second-order valence-electron chi connectivity index (χ2n) is 12.9. The molecule has 7 amide bonds. The van der Waals surface area contributed by atoms with Gasteiger partial charge in [0.05, 0.1) is 28.4 Å². The van der Waals surface area contributed by atoms with Crippen LogP contribution in [0, 0.1) is 26.1 Å². The van der Waals surface area contributed by atoms with Gasteiger partial charge in [-0.3, -0.25) is 58.8 Å². The Balaban J connectivity index is 3.19. The van der Waals surface area contributed by atoms with Crippen molar-refractivity contribution in [3.63, 3.8) is 0 Å². The lowest BCUT2D eigenvalue weighted by molar-refractivity contribution is -0.393. The Morgan fingerprint density at radius 3 is 1.73 bits per heavy atom. The van der Waals surface area contributed by atoms with Crippen molar-refractivity contribution in [2.45, 2.75) is 96.2 Å². The van der Waals surface area contributed by atoms with E-state index in [4.69, 9.17) is 22.9 Å². The maximum Gasteiger partial charge on any atom is 0.299 e. The number of carbonyl (C=O) groups is 7. The highest BCUT2D eigenvalue weighted by Crippen LogP contribution is 2.30. The molecule has 0 bridgehead atoms. The van der Waals surface area contributed by atoms with Gasteiger partial charge in [0.15, 0.2) is 5.96 Å². The summed E-state index contributed by atoms with van der Waals surface area (Å²) in [5.41, 5.74) is 19.6. The highest BCUT2D eigenvalue weighted by Gasteiger charge is 2.34. The van der Waals surface area contributed by atoms with Crippen molar-refractivity contribution in [3.05, 3.63) is 38.4 Å². The molecule has 1 rings (SSSR count). The third kappa shape index (κ3) is 15.4. The Morgan fingerprint density at radius 2 is 1.27 bits per heavy atom. The van der Waals surface area contributed by atoms with Crippen molar-refractivity contribution in [2.24, 2.45) is 33.8 Å². The topological polar surface area (TPSA) is 415 Å². The minimum Gasteiger partial charge on any atom is -0.391 e. The van der Waals surface area contributed by atoms with Gasteiger partial charge in [0.2, 0.25) is 41.4 Å². The Labute approximate surface area is 319 Å². The zero-order valence-electron chi connectivity index (χ0n) is 31.3. The lowest BCUT2D eigenvalue weighted by Gasteiger charge is -2.27. The van der Waals surface area contributed by atoms with E-state index in [-0.39, 0.29) is 37.0 Å². The SMILES string of the molecule is CC(C)[C@@H](NC(=O)[C@H](C)NC(=O)[C@@H](NC(=O)[C@H](C)NC(=O)[C@H](CC(N)=O)NC(=O)[C@H](CCCN=C(N)N)Nc1ccc([N+](=O)[O-])cc1[N+](=O)[O-])[C@@H](C)O)C(N)=O. The van der Waals surface area contributed by atoms with Crippen LogP contribution >= 0.6 is 0 Å². The third-order valence-electron chi connectivity index (χ3n) is 7.86. The Hall–Kier alpha value is -6.66. The molecule has 15 N–H and O–H groups in total. The molecule has 56 heavy (non-hydrogen) atoms. The van der Waals surface area contributed by atoms with Crippen LogP contribution in [0.25, 0.3) is 0 Å². The number of anilines is 1. The molecule has 1 aromatic carbocycles. The second kappa shape index (κ2) is 21.9. The number of nitrogens with zero attached hydrogens (tertiary/aromatic N) is 3. The molecule has 0 unspecified atom stereocenters. The number of nitro groups is 2. The number of rotatable bonds is 23. The summed E-state index contributed by atoms with van der Waals surface area (Å²) in [6.45, 7) is 6.87. The van der Waals surface area contributed by atoms with Gasteiger partial charge in [-0.05, 0) is 45.6 Å². The van der Waals surface area contributed by atoms with Crippen molar-refractivity contribution < 1.29 is 48.5 Å². The Morgan fingerprint density at radius 1 is 0.732 bits per heavy atom. The molecule has 0 radical (unpaired) electrons. The third-order valence-corrected chi connectivity index (χ3v) is 7.86. The zero-order valence-corrected chi connectivity index (χ0v) is 31.3. The molecule has 1 aromatic rings. The fraction of sp³-hybridized carbons (Fsp3) is 0.548. The van der Waals surface area contributed by atoms with Gasteiger partial charge in [0.1, 0.15) is 41.9 Å². The molecule has 25 heteroatoms. The monoisotopic (exact) mass is 795 g/mol. The summed E-state index contributed by atoms with van der Waals surface area (Å²) >= 11 is 0. The number of carbonyl (C=O) groups excluding carboxylic acids is 7. The van der Waals surface area contributed by atoms with Crippen molar-refractivity contribution in [3.8, 4) is 0 Å². The average molecular weight is 796 g/mol. The molecule has 0 aliphatic rings. The van der Waals surface area contributed by atoms with E-state index in [0.717, 1.165) is 19.1 Å². The number of amides is 7. The van der Waals surface area contributed by atoms with Gasteiger partial charge in [-0.1, -0.05) is 13.8 Å². The van der Waals surface area contributed by atoms with Crippen LogP contribution in [0.1, 0.15) is 53.9 Å². The number of primary amides is 2. The van der Waals surface area contributed by atoms with Crippen LogP contribution in [-0.2, 0) is 33.6 Å². The largest absolute Gasteiger partial charge is 0.391 e. The number of nitro benzene ring substituents is 2. The molecule has 0 spiro atoms. The molecule has 0 saturated carbocycles. The smallest absolute Gasteiger partial charge is 0.299 e. The van der Waals surface area contributed by atoms with E-state index in [1.54, 1.807) is 13.8 Å². The van der Waals surface area contributed by atoms with Gasteiger partial charge in [0, 0.05) is 12.6 Å². The van der Waals surface area contributed by atoms with Gasteiger partial charge < -0.3 is 59.9 Å². The summed E-state index contributed by atoms with van der Waals surface area (Å²) in [6, 6.07) is -5.94. The molecular weight excluding hydrogens is 746 g/mol. The number of nitrogens with one attached hydrogen (secondary N) is 6. The lowest BCUT2D eigenvalue weighted by Crippen LogP contribution is -2.61. The quantitative estimate of drug-likeness (QED) is 0.0166. The van der Waals surface area contributed by atoms with Crippen molar-refractivity contribution >= 4 is 64.4 Å². The first kappa shape index (κ1) is 47.4. The summed E-state index contributed by atoms with van der Waals surface area (Å²) in [6.07, 6.45) is -2.36. The fourth-order valence-corrected chi connectivity index (χ4v) is 4.83. The number of hydrogen-bond donors (Lipinski definition) is 11. The van der Waals surface area contributed by atoms with Gasteiger partial charge in [-0.25, -0.2) is 0 Å². The second-order valence-corrected chi connectivity index (χ2v) is 12.9.